The maximum Gasteiger partial charge on any atom is 0.177 e. The number of thioether (sulfide) groups is 1. The zero-order valence-corrected chi connectivity index (χ0v) is 9.29. The van der Waals surface area contributed by atoms with Crippen LogP contribution >= 0.6 is 11.8 Å². The predicted octanol–water partition coefficient (Wildman–Crippen LogP) is 0.969. The SMILES string of the molecule is C1CC(c2nn[nH]n2)CC2(CCSC2)O1. The average molecular weight is 226 g/mol. The van der Waals surface area contributed by atoms with Gasteiger partial charge in [0.25, 0.3) is 0 Å². The molecule has 2 atom stereocenters. The van der Waals surface area contributed by atoms with Crippen molar-refractivity contribution >= 4 is 11.8 Å². The molecule has 3 heterocycles. The van der Waals surface area contributed by atoms with E-state index in [1.165, 1.54) is 12.2 Å². The molecule has 0 radical (unpaired) electrons. The van der Waals surface area contributed by atoms with Crippen LogP contribution in [0.25, 0.3) is 0 Å². The normalized spacial score (nSPS) is 36.1. The van der Waals surface area contributed by atoms with E-state index in [0.717, 1.165) is 31.0 Å². The summed E-state index contributed by atoms with van der Waals surface area (Å²) >= 11 is 1.99. The lowest BCUT2D eigenvalue weighted by molar-refractivity contribution is -0.0676. The van der Waals surface area contributed by atoms with Gasteiger partial charge in [0.2, 0.25) is 0 Å². The van der Waals surface area contributed by atoms with Crippen molar-refractivity contribution in [2.45, 2.75) is 30.8 Å². The molecule has 3 rings (SSSR count). The molecule has 2 aliphatic heterocycles. The monoisotopic (exact) mass is 226 g/mol. The number of rotatable bonds is 1. The van der Waals surface area contributed by atoms with Gasteiger partial charge in [0.1, 0.15) is 0 Å². The van der Waals surface area contributed by atoms with Gasteiger partial charge in [0, 0.05) is 18.3 Å². The highest BCUT2D eigenvalue weighted by Crippen LogP contribution is 2.42. The Morgan fingerprint density at radius 3 is 3.27 bits per heavy atom. The molecule has 1 spiro atoms. The van der Waals surface area contributed by atoms with E-state index in [4.69, 9.17) is 4.74 Å². The summed E-state index contributed by atoms with van der Waals surface area (Å²) in [5.74, 6) is 3.63. The maximum atomic E-state index is 5.95. The van der Waals surface area contributed by atoms with Crippen molar-refractivity contribution in [2.75, 3.05) is 18.1 Å². The summed E-state index contributed by atoms with van der Waals surface area (Å²) in [4.78, 5) is 0. The lowest BCUT2D eigenvalue weighted by Gasteiger charge is -2.36. The van der Waals surface area contributed by atoms with Gasteiger partial charge in [0.15, 0.2) is 5.82 Å². The number of aromatic nitrogens is 4. The molecule has 15 heavy (non-hydrogen) atoms. The lowest BCUT2D eigenvalue weighted by Crippen LogP contribution is -2.39. The minimum atomic E-state index is 0.105. The standard InChI is InChI=1S/C9H14N4OS/c1-3-14-9(2-4-15-6-9)5-7(1)8-10-12-13-11-8/h7H,1-6H2,(H,10,11,12,13). The van der Waals surface area contributed by atoms with Crippen molar-refractivity contribution in [1.29, 1.82) is 0 Å². The Balaban J connectivity index is 1.76. The van der Waals surface area contributed by atoms with Gasteiger partial charge in [0.05, 0.1) is 5.60 Å². The van der Waals surface area contributed by atoms with Crippen LogP contribution in [0.5, 0.6) is 0 Å². The molecule has 1 N–H and O–H groups in total. The highest BCUT2D eigenvalue weighted by Gasteiger charge is 2.41. The van der Waals surface area contributed by atoms with Crippen LogP contribution in [-0.4, -0.2) is 44.3 Å². The maximum absolute atomic E-state index is 5.95. The molecule has 6 heteroatoms. The fraction of sp³-hybridized carbons (Fsp3) is 0.889. The molecule has 2 saturated heterocycles. The molecule has 2 aliphatic rings. The Hall–Kier alpha value is -0.620. The van der Waals surface area contributed by atoms with Crippen LogP contribution in [0.1, 0.15) is 31.0 Å². The number of ether oxygens (including phenoxy) is 1. The van der Waals surface area contributed by atoms with Gasteiger partial charge in [-0.3, -0.25) is 0 Å². The molecule has 5 nitrogen and oxygen atoms in total. The van der Waals surface area contributed by atoms with E-state index in [1.807, 2.05) is 11.8 Å². The van der Waals surface area contributed by atoms with E-state index in [1.54, 1.807) is 0 Å². The Kier molecular flexibility index (Phi) is 2.40. The number of tetrazole rings is 1. The second kappa shape index (κ2) is 3.75. The van der Waals surface area contributed by atoms with Gasteiger partial charge >= 0.3 is 0 Å². The first-order valence-electron chi connectivity index (χ1n) is 5.33. The van der Waals surface area contributed by atoms with Crippen LogP contribution in [0.4, 0.5) is 0 Å². The van der Waals surface area contributed by atoms with Crippen molar-refractivity contribution in [1.82, 2.24) is 20.6 Å². The Morgan fingerprint density at radius 2 is 2.53 bits per heavy atom. The second-order valence-corrected chi connectivity index (χ2v) is 5.40. The smallest absolute Gasteiger partial charge is 0.177 e. The van der Waals surface area contributed by atoms with Crippen molar-refractivity contribution in [3.05, 3.63) is 5.82 Å². The zero-order valence-electron chi connectivity index (χ0n) is 8.48. The van der Waals surface area contributed by atoms with Crippen molar-refractivity contribution in [3.8, 4) is 0 Å². The zero-order chi connectivity index (χ0) is 10.1. The number of nitrogens with zero attached hydrogens (tertiary/aromatic N) is 3. The van der Waals surface area contributed by atoms with E-state index < -0.39 is 0 Å². The van der Waals surface area contributed by atoms with Crippen molar-refractivity contribution < 1.29 is 4.74 Å². The summed E-state index contributed by atoms with van der Waals surface area (Å²) < 4.78 is 5.95. The Labute approximate surface area is 92.3 Å². The van der Waals surface area contributed by atoms with Crippen LogP contribution < -0.4 is 0 Å². The number of H-pyrrole nitrogens is 1. The molecule has 0 bridgehead atoms. The Bertz CT molecular complexity index is 323. The fourth-order valence-electron chi connectivity index (χ4n) is 2.45. The van der Waals surface area contributed by atoms with E-state index in [2.05, 4.69) is 20.6 Å². The van der Waals surface area contributed by atoms with Crippen LogP contribution in [0.3, 0.4) is 0 Å². The van der Waals surface area contributed by atoms with Crippen LogP contribution in [-0.2, 0) is 4.74 Å². The van der Waals surface area contributed by atoms with Gasteiger partial charge < -0.3 is 4.74 Å². The summed E-state index contributed by atoms with van der Waals surface area (Å²) in [6.45, 7) is 0.833. The van der Waals surface area contributed by atoms with E-state index in [0.29, 0.717) is 5.92 Å². The molecule has 0 aromatic carbocycles. The summed E-state index contributed by atoms with van der Waals surface area (Å²) in [6, 6.07) is 0. The summed E-state index contributed by atoms with van der Waals surface area (Å²) in [7, 11) is 0. The second-order valence-electron chi connectivity index (χ2n) is 4.29. The minimum Gasteiger partial charge on any atom is -0.374 e. The van der Waals surface area contributed by atoms with Gasteiger partial charge in [-0.05, 0) is 25.0 Å². The van der Waals surface area contributed by atoms with E-state index in [-0.39, 0.29) is 5.60 Å². The minimum absolute atomic E-state index is 0.105. The average Bonchev–Trinajstić information content (AvgIpc) is 2.89. The van der Waals surface area contributed by atoms with Crippen molar-refractivity contribution in [3.63, 3.8) is 0 Å². The predicted molar refractivity (Wildman–Crippen MR) is 56.8 cm³/mol. The van der Waals surface area contributed by atoms with Gasteiger partial charge in [-0.2, -0.15) is 17.0 Å². The highest BCUT2D eigenvalue weighted by molar-refractivity contribution is 7.99. The molecular weight excluding hydrogens is 212 g/mol. The van der Waals surface area contributed by atoms with Gasteiger partial charge in [-0.15, -0.1) is 10.2 Å². The number of nitrogens with one attached hydrogen (secondary N) is 1. The molecule has 82 valence electrons. The molecular formula is C9H14N4OS. The summed E-state index contributed by atoms with van der Waals surface area (Å²) in [5.41, 5.74) is 0.105. The highest BCUT2D eigenvalue weighted by atomic mass is 32.2. The third kappa shape index (κ3) is 1.76. The molecule has 1 aromatic rings. The Morgan fingerprint density at radius 1 is 1.53 bits per heavy atom. The fourth-order valence-corrected chi connectivity index (χ4v) is 3.83. The van der Waals surface area contributed by atoms with Crippen molar-refractivity contribution in [2.24, 2.45) is 0 Å². The largest absolute Gasteiger partial charge is 0.374 e. The number of hydrogen-bond donors (Lipinski definition) is 1. The van der Waals surface area contributed by atoms with E-state index >= 15 is 0 Å². The summed E-state index contributed by atoms with van der Waals surface area (Å²) in [5, 5.41) is 14.3. The molecule has 2 unspecified atom stereocenters. The van der Waals surface area contributed by atoms with Gasteiger partial charge in [-0.1, -0.05) is 5.21 Å². The first-order chi connectivity index (χ1) is 7.38. The van der Waals surface area contributed by atoms with Crippen LogP contribution in [0, 0.1) is 0 Å². The molecule has 1 aromatic heterocycles. The lowest BCUT2D eigenvalue weighted by atomic mass is 9.85. The summed E-state index contributed by atoms with van der Waals surface area (Å²) in [6.07, 6.45) is 3.25. The quantitative estimate of drug-likeness (QED) is 0.773. The molecule has 2 fully saturated rings. The first-order valence-corrected chi connectivity index (χ1v) is 6.49. The third-order valence-electron chi connectivity index (χ3n) is 3.29. The third-order valence-corrected chi connectivity index (χ3v) is 4.51. The topological polar surface area (TPSA) is 63.7 Å². The number of aromatic amines is 1. The molecule has 0 saturated carbocycles. The van der Waals surface area contributed by atoms with Gasteiger partial charge in [-0.25, -0.2) is 0 Å². The van der Waals surface area contributed by atoms with Crippen LogP contribution in [0.2, 0.25) is 0 Å². The van der Waals surface area contributed by atoms with E-state index in [9.17, 15) is 0 Å². The first kappa shape index (κ1) is 9.59. The number of hydrogen-bond acceptors (Lipinski definition) is 5. The van der Waals surface area contributed by atoms with Crippen LogP contribution in [0.15, 0.2) is 0 Å². The molecule has 0 amide bonds. The molecule has 0 aliphatic carbocycles.